The number of carbonyl (C=O) groups excluding carboxylic acids is 1. The molecule has 1 amide bonds. The molecule has 1 aliphatic heterocycles. The van der Waals surface area contributed by atoms with Gasteiger partial charge in [-0.25, -0.2) is 9.97 Å². The van der Waals surface area contributed by atoms with Crippen LogP contribution < -0.4 is 15.0 Å². The van der Waals surface area contributed by atoms with Crippen molar-refractivity contribution in [3.05, 3.63) is 47.2 Å². The largest absolute Gasteiger partial charge is 0.481 e. The standard InChI is InChI=1S/C24H32FN5O2/c1-4-16-6-8-19(28-24(16)32-3)17-5-7-18(15-17)29-11-13-30(14-12-29)21-10-9-20(23(31)26-2)27-22(21)25/h6,8-10,17-18H,4-5,7,11-15H2,1-3H3,(H,26,31). The molecule has 1 N–H and O–H groups in total. The Labute approximate surface area is 189 Å². The molecule has 0 bridgehead atoms. The Balaban J connectivity index is 1.35. The zero-order valence-corrected chi connectivity index (χ0v) is 19.1. The molecule has 1 saturated heterocycles. The second-order valence-electron chi connectivity index (χ2n) is 8.53. The van der Waals surface area contributed by atoms with Crippen molar-refractivity contribution in [2.24, 2.45) is 0 Å². The van der Waals surface area contributed by atoms with E-state index in [2.05, 4.69) is 34.3 Å². The molecule has 2 unspecified atom stereocenters. The van der Waals surface area contributed by atoms with Crippen molar-refractivity contribution in [3.63, 3.8) is 0 Å². The lowest BCUT2D eigenvalue weighted by atomic mass is 10.0. The van der Waals surface area contributed by atoms with Crippen molar-refractivity contribution in [1.82, 2.24) is 20.2 Å². The number of nitrogens with zero attached hydrogens (tertiary/aromatic N) is 4. The first-order valence-corrected chi connectivity index (χ1v) is 11.5. The third-order valence-corrected chi connectivity index (χ3v) is 6.82. The van der Waals surface area contributed by atoms with Crippen LogP contribution in [0, 0.1) is 5.95 Å². The van der Waals surface area contributed by atoms with Crippen LogP contribution in [0.5, 0.6) is 5.88 Å². The molecule has 2 fully saturated rings. The van der Waals surface area contributed by atoms with Crippen LogP contribution >= 0.6 is 0 Å². The van der Waals surface area contributed by atoms with E-state index in [1.165, 1.54) is 7.05 Å². The maximum Gasteiger partial charge on any atom is 0.269 e. The summed E-state index contributed by atoms with van der Waals surface area (Å²) in [5, 5.41) is 2.47. The van der Waals surface area contributed by atoms with E-state index in [9.17, 15) is 9.18 Å². The Morgan fingerprint density at radius 1 is 1.16 bits per heavy atom. The molecule has 8 heteroatoms. The molecule has 2 aliphatic rings. The molecule has 0 spiro atoms. The second-order valence-corrected chi connectivity index (χ2v) is 8.53. The number of aromatic nitrogens is 2. The number of anilines is 1. The lowest BCUT2D eigenvalue weighted by molar-refractivity contribution is 0.0957. The summed E-state index contributed by atoms with van der Waals surface area (Å²) >= 11 is 0. The van der Waals surface area contributed by atoms with Gasteiger partial charge in [0.05, 0.1) is 12.8 Å². The zero-order chi connectivity index (χ0) is 22.7. The van der Waals surface area contributed by atoms with Gasteiger partial charge in [0.15, 0.2) is 0 Å². The van der Waals surface area contributed by atoms with E-state index in [-0.39, 0.29) is 11.6 Å². The fraction of sp³-hybridized carbons (Fsp3) is 0.542. The predicted octanol–water partition coefficient (Wildman–Crippen LogP) is 3.00. The molecule has 1 saturated carbocycles. The summed E-state index contributed by atoms with van der Waals surface area (Å²) in [7, 11) is 3.20. The summed E-state index contributed by atoms with van der Waals surface area (Å²) in [6, 6.07) is 8.07. The average Bonchev–Trinajstić information content (AvgIpc) is 3.33. The van der Waals surface area contributed by atoms with Gasteiger partial charge in [0.25, 0.3) is 5.91 Å². The van der Waals surface area contributed by atoms with Gasteiger partial charge in [0.1, 0.15) is 5.69 Å². The second kappa shape index (κ2) is 9.81. The van der Waals surface area contributed by atoms with Crippen LogP contribution in [0.1, 0.15) is 53.8 Å². The third kappa shape index (κ3) is 4.55. The molecule has 32 heavy (non-hydrogen) atoms. The molecule has 0 radical (unpaired) electrons. The highest BCUT2D eigenvalue weighted by Crippen LogP contribution is 2.37. The van der Waals surface area contributed by atoms with Gasteiger partial charge in [-0.3, -0.25) is 9.69 Å². The van der Waals surface area contributed by atoms with Crippen LogP contribution in [0.15, 0.2) is 24.3 Å². The van der Waals surface area contributed by atoms with Crippen LogP contribution in [0.4, 0.5) is 10.1 Å². The summed E-state index contributed by atoms with van der Waals surface area (Å²) in [6.07, 6.45) is 4.30. The molecule has 2 atom stereocenters. The van der Waals surface area contributed by atoms with E-state index >= 15 is 0 Å². The van der Waals surface area contributed by atoms with Crippen molar-refractivity contribution in [2.75, 3.05) is 45.2 Å². The van der Waals surface area contributed by atoms with Gasteiger partial charge in [-0.1, -0.05) is 13.0 Å². The molecule has 2 aromatic heterocycles. The zero-order valence-electron chi connectivity index (χ0n) is 19.1. The molecule has 3 heterocycles. The van der Waals surface area contributed by atoms with Crippen LogP contribution in [0.2, 0.25) is 0 Å². The number of carbonyl (C=O) groups is 1. The normalized spacial score (nSPS) is 21.6. The Morgan fingerprint density at radius 2 is 1.94 bits per heavy atom. The van der Waals surface area contributed by atoms with Crippen LogP contribution in [0.3, 0.4) is 0 Å². The minimum Gasteiger partial charge on any atom is -0.481 e. The van der Waals surface area contributed by atoms with Crippen LogP contribution in [0.25, 0.3) is 0 Å². The number of halogens is 1. The SMILES string of the molecule is CCc1ccc(C2CCC(N3CCN(c4ccc(C(=O)NC)nc4F)CC3)C2)nc1OC. The number of hydrogen-bond donors (Lipinski definition) is 1. The number of rotatable bonds is 6. The number of aryl methyl sites for hydroxylation is 1. The molecular weight excluding hydrogens is 409 g/mol. The van der Waals surface area contributed by atoms with Crippen LogP contribution in [-0.2, 0) is 6.42 Å². The summed E-state index contributed by atoms with van der Waals surface area (Å²) < 4.78 is 20.0. The van der Waals surface area contributed by atoms with Crippen molar-refractivity contribution in [3.8, 4) is 5.88 Å². The van der Waals surface area contributed by atoms with E-state index in [0.717, 1.165) is 69.0 Å². The fourth-order valence-electron chi connectivity index (χ4n) is 4.96. The van der Waals surface area contributed by atoms with E-state index in [1.807, 2.05) is 4.90 Å². The first-order valence-electron chi connectivity index (χ1n) is 11.5. The van der Waals surface area contributed by atoms with Gasteiger partial charge >= 0.3 is 0 Å². The van der Waals surface area contributed by atoms with Crippen molar-refractivity contribution in [2.45, 2.75) is 44.6 Å². The predicted molar refractivity (Wildman–Crippen MR) is 122 cm³/mol. The molecule has 1 aliphatic carbocycles. The van der Waals surface area contributed by atoms with E-state index in [4.69, 9.17) is 9.72 Å². The summed E-state index contributed by atoms with van der Waals surface area (Å²) in [5.74, 6) is 0.236. The molecule has 0 aromatic carbocycles. The maximum absolute atomic E-state index is 14.5. The lowest BCUT2D eigenvalue weighted by Crippen LogP contribution is -2.50. The minimum atomic E-state index is -0.587. The van der Waals surface area contributed by atoms with E-state index in [0.29, 0.717) is 17.6 Å². The Hall–Kier alpha value is -2.74. The molecular formula is C24H32FN5O2. The summed E-state index contributed by atoms with van der Waals surface area (Å²) in [6.45, 7) is 5.38. The number of nitrogens with one attached hydrogen (secondary N) is 1. The number of pyridine rings is 2. The highest BCUT2D eigenvalue weighted by atomic mass is 19.1. The molecule has 2 aromatic rings. The fourth-order valence-corrected chi connectivity index (χ4v) is 4.96. The van der Waals surface area contributed by atoms with Gasteiger partial charge in [-0.15, -0.1) is 0 Å². The maximum atomic E-state index is 14.5. The Bertz CT molecular complexity index is 961. The topological polar surface area (TPSA) is 70.6 Å². The third-order valence-electron chi connectivity index (χ3n) is 6.82. The quantitative estimate of drug-likeness (QED) is 0.695. The molecule has 7 nitrogen and oxygen atoms in total. The average molecular weight is 442 g/mol. The van der Waals surface area contributed by atoms with Crippen molar-refractivity contribution >= 4 is 11.6 Å². The first-order chi connectivity index (χ1) is 15.5. The van der Waals surface area contributed by atoms with Crippen molar-refractivity contribution < 1.29 is 13.9 Å². The van der Waals surface area contributed by atoms with Crippen molar-refractivity contribution in [1.29, 1.82) is 0 Å². The highest BCUT2D eigenvalue weighted by molar-refractivity contribution is 5.92. The highest BCUT2D eigenvalue weighted by Gasteiger charge is 2.33. The Kier molecular flexibility index (Phi) is 6.89. The van der Waals surface area contributed by atoms with E-state index < -0.39 is 5.95 Å². The van der Waals surface area contributed by atoms with Crippen LogP contribution in [-0.4, -0.2) is 67.2 Å². The smallest absolute Gasteiger partial charge is 0.269 e. The van der Waals surface area contributed by atoms with Gasteiger partial charge in [0, 0.05) is 56.4 Å². The minimum absolute atomic E-state index is 0.0987. The number of methoxy groups -OCH3 is 1. The monoisotopic (exact) mass is 441 g/mol. The van der Waals surface area contributed by atoms with Gasteiger partial charge in [0.2, 0.25) is 11.8 Å². The first kappa shape index (κ1) is 22.5. The summed E-state index contributed by atoms with van der Waals surface area (Å²) in [5.41, 5.74) is 2.84. The van der Waals surface area contributed by atoms with Gasteiger partial charge in [-0.2, -0.15) is 4.39 Å². The molecule has 4 rings (SSSR count). The number of ether oxygens (including phenoxy) is 1. The van der Waals surface area contributed by atoms with E-state index in [1.54, 1.807) is 19.2 Å². The molecule has 172 valence electrons. The number of hydrogen-bond acceptors (Lipinski definition) is 6. The van der Waals surface area contributed by atoms with Gasteiger partial charge in [-0.05, 0) is 43.9 Å². The number of piperazine rings is 1. The lowest BCUT2D eigenvalue weighted by Gasteiger charge is -2.39. The Morgan fingerprint density at radius 3 is 2.59 bits per heavy atom. The number of amides is 1. The summed E-state index contributed by atoms with van der Waals surface area (Å²) in [4.78, 5) is 24.8. The van der Waals surface area contributed by atoms with Gasteiger partial charge < -0.3 is 15.0 Å².